The van der Waals surface area contributed by atoms with Gasteiger partial charge in [0.05, 0.1) is 17.0 Å². The van der Waals surface area contributed by atoms with Gasteiger partial charge in [0.15, 0.2) is 0 Å². The summed E-state index contributed by atoms with van der Waals surface area (Å²) in [6.07, 6.45) is 4.93. The van der Waals surface area contributed by atoms with E-state index in [0.717, 1.165) is 32.1 Å². The average Bonchev–Trinajstić information content (AvgIpc) is 2.42. The predicted molar refractivity (Wildman–Crippen MR) is 83.5 cm³/mol. The molecule has 1 aromatic carbocycles. The zero-order valence-corrected chi connectivity index (χ0v) is 13.0. The molecule has 1 aliphatic carbocycles. The number of aliphatic hydroxyl groups excluding tert-OH is 1. The Labute approximate surface area is 125 Å². The van der Waals surface area contributed by atoms with E-state index in [0.29, 0.717) is 16.9 Å². The molecule has 0 heterocycles. The molecule has 0 saturated heterocycles. The Hall–Kier alpha value is -1.31. The van der Waals surface area contributed by atoms with Crippen LogP contribution < -0.4 is 16.2 Å². The van der Waals surface area contributed by atoms with Crippen LogP contribution >= 0.6 is 0 Å². The summed E-state index contributed by atoms with van der Waals surface area (Å²) in [6, 6.07) is 3.05. The van der Waals surface area contributed by atoms with Gasteiger partial charge < -0.3 is 16.2 Å². The number of benzene rings is 1. The van der Waals surface area contributed by atoms with Crippen LogP contribution in [0, 0.1) is 6.92 Å². The smallest absolute Gasteiger partial charge is 0.238 e. The Bertz CT molecular complexity index is 623. The second kappa shape index (κ2) is 5.82. The van der Waals surface area contributed by atoms with Gasteiger partial charge in [-0.3, -0.25) is 0 Å². The molecule has 0 amide bonds. The van der Waals surface area contributed by atoms with Crippen molar-refractivity contribution < 1.29 is 13.5 Å². The lowest BCUT2D eigenvalue weighted by Gasteiger charge is -2.38. The SMILES string of the molecule is Cc1c(NC2(CO)CCCCC2)cc(N)cc1S(N)(=O)=O. The average molecular weight is 313 g/mol. The van der Waals surface area contributed by atoms with Crippen LogP contribution in [0.25, 0.3) is 0 Å². The molecule has 0 radical (unpaired) electrons. The highest BCUT2D eigenvalue weighted by atomic mass is 32.2. The Balaban J connectivity index is 2.42. The van der Waals surface area contributed by atoms with Gasteiger partial charge in [0.2, 0.25) is 10.0 Å². The van der Waals surface area contributed by atoms with Crippen molar-refractivity contribution in [3.05, 3.63) is 17.7 Å². The van der Waals surface area contributed by atoms with Crippen molar-refractivity contribution in [2.45, 2.75) is 49.5 Å². The van der Waals surface area contributed by atoms with Crippen molar-refractivity contribution in [3.8, 4) is 0 Å². The normalized spacial score (nSPS) is 18.4. The second-order valence-corrected chi connectivity index (χ2v) is 7.39. The number of aliphatic hydroxyl groups is 1. The number of hydrogen-bond donors (Lipinski definition) is 4. The number of nitrogens with two attached hydrogens (primary N) is 2. The first-order valence-corrected chi connectivity index (χ1v) is 8.64. The summed E-state index contributed by atoms with van der Waals surface area (Å²) in [5.41, 5.74) is 6.86. The maximum Gasteiger partial charge on any atom is 0.238 e. The molecule has 7 heteroatoms. The zero-order valence-electron chi connectivity index (χ0n) is 12.2. The number of anilines is 2. The molecule has 118 valence electrons. The van der Waals surface area contributed by atoms with E-state index in [1.165, 1.54) is 6.07 Å². The first-order valence-electron chi connectivity index (χ1n) is 7.09. The van der Waals surface area contributed by atoms with Crippen molar-refractivity contribution in [3.63, 3.8) is 0 Å². The minimum Gasteiger partial charge on any atom is -0.399 e. The molecule has 1 aliphatic rings. The Morgan fingerprint density at radius 1 is 1.29 bits per heavy atom. The van der Waals surface area contributed by atoms with Gasteiger partial charge in [0.1, 0.15) is 0 Å². The predicted octanol–water partition coefficient (Wildman–Crippen LogP) is 1.33. The lowest BCUT2D eigenvalue weighted by Crippen LogP contribution is -2.44. The molecule has 0 aromatic heterocycles. The van der Waals surface area contributed by atoms with Crippen LogP contribution in [-0.4, -0.2) is 25.7 Å². The van der Waals surface area contributed by atoms with Crippen LogP contribution in [0.3, 0.4) is 0 Å². The quantitative estimate of drug-likeness (QED) is 0.625. The van der Waals surface area contributed by atoms with Crippen molar-refractivity contribution in [2.24, 2.45) is 5.14 Å². The summed E-state index contributed by atoms with van der Waals surface area (Å²) < 4.78 is 23.3. The van der Waals surface area contributed by atoms with Gasteiger partial charge in [-0.2, -0.15) is 0 Å². The molecule has 0 spiro atoms. The highest BCUT2D eigenvalue weighted by Crippen LogP contribution is 2.34. The summed E-state index contributed by atoms with van der Waals surface area (Å²) >= 11 is 0. The lowest BCUT2D eigenvalue weighted by atomic mass is 9.82. The molecule has 0 atom stereocenters. The largest absolute Gasteiger partial charge is 0.399 e. The van der Waals surface area contributed by atoms with Crippen LogP contribution in [0.15, 0.2) is 17.0 Å². The molecular weight excluding hydrogens is 290 g/mol. The highest BCUT2D eigenvalue weighted by Gasteiger charge is 2.32. The molecule has 1 aromatic rings. The minimum atomic E-state index is -3.83. The van der Waals surface area contributed by atoms with Crippen molar-refractivity contribution in [1.29, 1.82) is 0 Å². The van der Waals surface area contributed by atoms with Gasteiger partial charge in [0, 0.05) is 11.4 Å². The van der Waals surface area contributed by atoms with Crippen LogP contribution in [0.4, 0.5) is 11.4 Å². The Morgan fingerprint density at radius 3 is 2.43 bits per heavy atom. The fourth-order valence-corrected chi connectivity index (χ4v) is 3.81. The molecule has 0 bridgehead atoms. The zero-order chi connectivity index (χ0) is 15.7. The number of nitrogen functional groups attached to an aromatic ring is 1. The first kappa shape index (κ1) is 16.1. The van der Waals surface area contributed by atoms with Crippen LogP contribution in [0.2, 0.25) is 0 Å². The molecule has 6 nitrogen and oxygen atoms in total. The molecule has 6 N–H and O–H groups in total. The standard InChI is InChI=1S/C14H23N3O3S/c1-10-12(7-11(15)8-13(10)21(16,19)20)17-14(9-18)5-3-2-4-6-14/h7-8,17-18H,2-6,9,15H2,1H3,(H2,16,19,20). The maximum absolute atomic E-state index is 11.6. The van der Waals surface area contributed by atoms with Crippen LogP contribution in [0.1, 0.15) is 37.7 Å². The Morgan fingerprint density at radius 2 is 1.90 bits per heavy atom. The van der Waals surface area contributed by atoms with E-state index in [2.05, 4.69) is 5.32 Å². The van der Waals surface area contributed by atoms with Crippen molar-refractivity contribution >= 4 is 21.4 Å². The van der Waals surface area contributed by atoms with E-state index < -0.39 is 15.6 Å². The van der Waals surface area contributed by atoms with Crippen molar-refractivity contribution in [1.82, 2.24) is 0 Å². The monoisotopic (exact) mass is 313 g/mol. The summed E-state index contributed by atoms with van der Waals surface area (Å²) in [7, 11) is -3.83. The third-order valence-electron chi connectivity index (χ3n) is 4.20. The number of nitrogens with one attached hydrogen (secondary N) is 1. The number of rotatable bonds is 4. The minimum absolute atomic E-state index is 0.00590. The summed E-state index contributed by atoms with van der Waals surface area (Å²) in [5.74, 6) is 0. The third kappa shape index (κ3) is 3.48. The van der Waals surface area contributed by atoms with E-state index in [1.807, 2.05) is 0 Å². The number of primary sulfonamides is 1. The lowest BCUT2D eigenvalue weighted by molar-refractivity contribution is 0.173. The van der Waals surface area contributed by atoms with E-state index >= 15 is 0 Å². The number of sulfonamides is 1. The van der Waals surface area contributed by atoms with E-state index in [-0.39, 0.29) is 11.5 Å². The third-order valence-corrected chi connectivity index (χ3v) is 5.24. The van der Waals surface area contributed by atoms with Gasteiger partial charge in [-0.1, -0.05) is 19.3 Å². The van der Waals surface area contributed by atoms with E-state index in [1.54, 1.807) is 13.0 Å². The fraction of sp³-hybridized carbons (Fsp3) is 0.571. The van der Waals surface area contributed by atoms with Gasteiger partial charge in [-0.05, 0) is 37.5 Å². The van der Waals surface area contributed by atoms with E-state index in [9.17, 15) is 13.5 Å². The molecule has 1 fully saturated rings. The van der Waals surface area contributed by atoms with E-state index in [4.69, 9.17) is 10.9 Å². The molecule has 1 saturated carbocycles. The first-order chi connectivity index (χ1) is 9.77. The van der Waals surface area contributed by atoms with Gasteiger partial charge >= 0.3 is 0 Å². The summed E-state index contributed by atoms with van der Waals surface area (Å²) in [6.45, 7) is 1.70. The Kier molecular flexibility index (Phi) is 4.46. The maximum atomic E-state index is 11.6. The van der Waals surface area contributed by atoms with Gasteiger partial charge in [0.25, 0.3) is 0 Å². The molecule has 2 rings (SSSR count). The van der Waals surface area contributed by atoms with Gasteiger partial charge in [-0.15, -0.1) is 0 Å². The van der Waals surface area contributed by atoms with Crippen LogP contribution in [-0.2, 0) is 10.0 Å². The second-order valence-electron chi connectivity index (χ2n) is 5.86. The summed E-state index contributed by atoms with van der Waals surface area (Å²) in [5, 5.41) is 18.3. The molecule has 0 unspecified atom stereocenters. The molecule has 0 aliphatic heterocycles. The topological polar surface area (TPSA) is 118 Å². The van der Waals surface area contributed by atoms with Crippen LogP contribution in [0.5, 0.6) is 0 Å². The molecular formula is C14H23N3O3S. The fourth-order valence-electron chi connectivity index (χ4n) is 2.97. The highest BCUT2D eigenvalue weighted by molar-refractivity contribution is 7.89. The molecule has 21 heavy (non-hydrogen) atoms. The van der Waals surface area contributed by atoms with Gasteiger partial charge in [-0.25, -0.2) is 13.6 Å². The van der Waals surface area contributed by atoms with Crippen molar-refractivity contribution in [2.75, 3.05) is 17.7 Å². The summed E-state index contributed by atoms with van der Waals surface area (Å²) in [4.78, 5) is 0.0221. The number of hydrogen-bond acceptors (Lipinski definition) is 5.